The second-order valence-corrected chi connectivity index (χ2v) is 3.38. The van der Waals surface area contributed by atoms with Gasteiger partial charge >= 0.3 is 5.97 Å². The lowest BCUT2D eigenvalue weighted by Gasteiger charge is -2.03. The first-order chi connectivity index (χ1) is 6.67. The molecule has 0 bridgehead atoms. The van der Waals surface area contributed by atoms with E-state index in [0.717, 1.165) is 5.69 Å². The van der Waals surface area contributed by atoms with Crippen LogP contribution in [-0.4, -0.2) is 28.8 Å². The zero-order valence-electron chi connectivity index (χ0n) is 8.40. The Labute approximate surface area is 87.1 Å². The third-order valence-corrected chi connectivity index (χ3v) is 2.05. The Hall–Kier alpha value is -1.10. The summed E-state index contributed by atoms with van der Waals surface area (Å²) in [6.45, 7) is 3.95. The van der Waals surface area contributed by atoms with Crippen LogP contribution in [0.3, 0.4) is 0 Å². The molecule has 0 unspecified atom stereocenters. The van der Waals surface area contributed by atoms with Crippen molar-refractivity contribution < 1.29 is 9.53 Å². The van der Waals surface area contributed by atoms with Crippen LogP contribution in [0.15, 0.2) is 11.2 Å². The molecule has 14 heavy (non-hydrogen) atoms. The first-order valence-electron chi connectivity index (χ1n) is 4.24. The van der Waals surface area contributed by atoms with Crippen molar-refractivity contribution in [3.05, 3.63) is 17.5 Å². The van der Waals surface area contributed by atoms with E-state index < -0.39 is 5.97 Å². The molecule has 0 atom stereocenters. The maximum Gasteiger partial charge on any atom is 0.357 e. The minimum Gasteiger partial charge on any atom is -0.461 e. The predicted octanol–water partition coefficient (Wildman–Crippen LogP) is 1.68. The van der Waals surface area contributed by atoms with Gasteiger partial charge < -0.3 is 4.74 Å². The highest BCUT2D eigenvalue weighted by Crippen LogP contribution is 2.10. The number of nitrogens with zero attached hydrogens (tertiary/aromatic N) is 2. The predicted molar refractivity (Wildman–Crippen MR) is 54.5 cm³/mol. The first-order valence-corrected chi connectivity index (χ1v) is 5.46. The summed E-state index contributed by atoms with van der Waals surface area (Å²) < 4.78 is 4.84. The van der Waals surface area contributed by atoms with E-state index in [9.17, 15) is 4.79 Å². The van der Waals surface area contributed by atoms with Gasteiger partial charge in [0.1, 0.15) is 0 Å². The van der Waals surface area contributed by atoms with Crippen LogP contribution < -0.4 is 0 Å². The van der Waals surface area contributed by atoms with Crippen LogP contribution in [0.5, 0.6) is 0 Å². The Morgan fingerprint density at radius 1 is 1.57 bits per heavy atom. The molecule has 0 aliphatic heterocycles. The van der Waals surface area contributed by atoms with Gasteiger partial charge in [-0.1, -0.05) is 11.8 Å². The third kappa shape index (κ3) is 2.70. The number of aryl methyl sites for hydroxylation is 1. The van der Waals surface area contributed by atoms with Crippen molar-refractivity contribution in [1.29, 1.82) is 0 Å². The lowest BCUT2D eigenvalue weighted by Crippen LogP contribution is -2.08. The van der Waals surface area contributed by atoms with Crippen molar-refractivity contribution in [3.63, 3.8) is 0 Å². The fourth-order valence-electron chi connectivity index (χ4n) is 0.942. The van der Waals surface area contributed by atoms with Crippen LogP contribution in [0.1, 0.15) is 23.1 Å². The molecule has 0 aliphatic carbocycles. The number of thioether (sulfide) groups is 1. The van der Waals surface area contributed by atoms with Gasteiger partial charge in [-0.2, -0.15) is 0 Å². The van der Waals surface area contributed by atoms with Gasteiger partial charge in [0.15, 0.2) is 10.9 Å². The summed E-state index contributed by atoms with van der Waals surface area (Å²) in [5.41, 5.74) is 1.09. The summed E-state index contributed by atoms with van der Waals surface area (Å²) in [4.78, 5) is 19.5. The van der Waals surface area contributed by atoms with Gasteiger partial charge in [-0.05, 0) is 26.2 Å². The van der Waals surface area contributed by atoms with Crippen LogP contribution in [0, 0.1) is 6.92 Å². The molecule has 0 amide bonds. The van der Waals surface area contributed by atoms with Crippen molar-refractivity contribution >= 4 is 17.7 Å². The number of ether oxygens (including phenoxy) is 1. The van der Waals surface area contributed by atoms with Gasteiger partial charge in [0.25, 0.3) is 0 Å². The molecule has 0 aliphatic rings. The summed E-state index contributed by atoms with van der Waals surface area (Å²) >= 11 is 1.40. The highest BCUT2D eigenvalue weighted by molar-refractivity contribution is 7.98. The lowest BCUT2D eigenvalue weighted by atomic mass is 10.3. The van der Waals surface area contributed by atoms with E-state index in [2.05, 4.69) is 9.97 Å². The van der Waals surface area contributed by atoms with Crippen LogP contribution in [0.4, 0.5) is 0 Å². The molecular formula is C9H12N2O2S. The molecule has 4 nitrogen and oxygen atoms in total. The van der Waals surface area contributed by atoms with Crippen LogP contribution >= 0.6 is 11.8 Å². The summed E-state index contributed by atoms with van der Waals surface area (Å²) in [7, 11) is 0. The minimum absolute atomic E-state index is 0.323. The summed E-state index contributed by atoms with van der Waals surface area (Å²) in [5, 5.41) is 0.591. The lowest BCUT2D eigenvalue weighted by molar-refractivity contribution is 0.0518. The number of carbonyl (C=O) groups excluding carboxylic acids is 1. The molecule has 1 heterocycles. The SMILES string of the molecule is CCOC(=O)c1cc(C)nc(SC)n1. The Bertz CT molecular complexity index is 342. The van der Waals surface area contributed by atoms with Crippen LogP contribution in [0.2, 0.25) is 0 Å². The maximum atomic E-state index is 11.3. The molecule has 5 heteroatoms. The van der Waals surface area contributed by atoms with E-state index in [-0.39, 0.29) is 0 Å². The maximum absolute atomic E-state index is 11.3. The van der Waals surface area contributed by atoms with Gasteiger partial charge in [0, 0.05) is 5.69 Å². The zero-order chi connectivity index (χ0) is 10.6. The molecule has 1 rings (SSSR count). The van der Waals surface area contributed by atoms with Gasteiger partial charge in [-0.15, -0.1) is 0 Å². The van der Waals surface area contributed by atoms with E-state index in [4.69, 9.17) is 4.74 Å². The van der Waals surface area contributed by atoms with Gasteiger partial charge in [0.05, 0.1) is 6.61 Å². The van der Waals surface area contributed by atoms with E-state index in [1.165, 1.54) is 11.8 Å². The normalized spacial score (nSPS) is 9.93. The van der Waals surface area contributed by atoms with Gasteiger partial charge in [-0.3, -0.25) is 0 Å². The second-order valence-electron chi connectivity index (χ2n) is 2.60. The fraction of sp³-hybridized carbons (Fsp3) is 0.444. The summed E-state index contributed by atoms with van der Waals surface area (Å²) in [5.74, 6) is -0.395. The standard InChI is InChI=1S/C9H12N2O2S/c1-4-13-8(12)7-5-6(2)10-9(11-7)14-3/h5H,4H2,1-3H3. The summed E-state index contributed by atoms with van der Waals surface area (Å²) in [6.07, 6.45) is 1.86. The fourth-order valence-corrected chi connectivity index (χ4v) is 1.37. The van der Waals surface area contributed by atoms with Crippen LogP contribution in [-0.2, 0) is 4.74 Å². The molecule has 0 N–H and O–H groups in total. The molecule has 0 saturated carbocycles. The first kappa shape index (κ1) is 11.0. The third-order valence-electron chi connectivity index (χ3n) is 1.50. The summed E-state index contributed by atoms with van der Waals surface area (Å²) in [6, 6.07) is 1.62. The topological polar surface area (TPSA) is 52.1 Å². The average molecular weight is 212 g/mol. The van der Waals surface area contributed by atoms with E-state index >= 15 is 0 Å². The molecular weight excluding hydrogens is 200 g/mol. The van der Waals surface area contributed by atoms with E-state index in [0.29, 0.717) is 17.5 Å². The highest BCUT2D eigenvalue weighted by atomic mass is 32.2. The molecule has 1 aromatic heterocycles. The Balaban J connectivity index is 2.96. The number of esters is 1. The van der Waals surface area contributed by atoms with Crippen molar-refractivity contribution in [2.75, 3.05) is 12.9 Å². The molecule has 0 saturated heterocycles. The Morgan fingerprint density at radius 3 is 2.86 bits per heavy atom. The molecule has 0 radical (unpaired) electrons. The number of aromatic nitrogens is 2. The van der Waals surface area contributed by atoms with Gasteiger partial charge in [0.2, 0.25) is 0 Å². The Morgan fingerprint density at radius 2 is 2.29 bits per heavy atom. The quantitative estimate of drug-likeness (QED) is 0.433. The number of rotatable bonds is 3. The largest absolute Gasteiger partial charge is 0.461 e. The average Bonchev–Trinajstić information content (AvgIpc) is 2.17. The monoisotopic (exact) mass is 212 g/mol. The molecule has 0 fully saturated rings. The van der Waals surface area contributed by atoms with Gasteiger partial charge in [-0.25, -0.2) is 14.8 Å². The molecule has 76 valence electrons. The van der Waals surface area contributed by atoms with Crippen molar-refractivity contribution in [3.8, 4) is 0 Å². The highest BCUT2D eigenvalue weighted by Gasteiger charge is 2.10. The second kappa shape index (κ2) is 4.95. The Kier molecular flexibility index (Phi) is 3.88. The number of hydrogen-bond acceptors (Lipinski definition) is 5. The number of hydrogen-bond donors (Lipinski definition) is 0. The zero-order valence-corrected chi connectivity index (χ0v) is 9.22. The van der Waals surface area contributed by atoms with Crippen molar-refractivity contribution in [1.82, 2.24) is 9.97 Å². The van der Waals surface area contributed by atoms with E-state index in [1.54, 1.807) is 13.0 Å². The molecule has 1 aromatic rings. The smallest absolute Gasteiger partial charge is 0.357 e. The van der Waals surface area contributed by atoms with Crippen molar-refractivity contribution in [2.45, 2.75) is 19.0 Å². The van der Waals surface area contributed by atoms with Crippen molar-refractivity contribution in [2.24, 2.45) is 0 Å². The van der Waals surface area contributed by atoms with E-state index in [1.807, 2.05) is 13.2 Å². The molecule has 0 aromatic carbocycles. The molecule has 0 spiro atoms. The minimum atomic E-state index is -0.395. The number of carbonyl (C=O) groups is 1. The van der Waals surface area contributed by atoms with Crippen LogP contribution in [0.25, 0.3) is 0 Å².